The molecule has 0 aliphatic carbocycles. The lowest BCUT2D eigenvalue weighted by Crippen LogP contribution is -2.30. The number of rotatable bonds is 35. The maximum absolute atomic E-state index is 12.7. The Balaban J connectivity index is 4.54. The smallest absolute Gasteiger partial charge is 0.306 e. The molecule has 6 nitrogen and oxygen atoms in total. The van der Waals surface area contributed by atoms with Crippen LogP contribution in [0.15, 0.2) is 97.2 Å². The van der Waals surface area contributed by atoms with Crippen LogP contribution in [0, 0.1) is 0 Å². The maximum Gasteiger partial charge on any atom is 0.306 e. The first-order valence-corrected chi connectivity index (χ1v) is 20.8. The lowest BCUT2D eigenvalue weighted by Gasteiger charge is -2.18. The molecule has 1 atom stereocenters. The average Bonchev–Trinajstić information content (AvgIpc) is 3.15. The largest absolute Gasteiger partial charge is 0.462 e. The van der Waals surface area contributed by atoms with Crippen molar-refractivity contribution in [3.05, 3.63) is 97.2 Å². The van der Waals surface area contributed by atoms with Crippen LogP contribution < -0.4 is 0 Å². The molecule has 0 spiro atoms. The second-order valence-electron chi connectivity index (χ2n) is 13.3. The molecule has 0 aliphatic heterocycles. The van der Waals surface area contributed by atoms with Crippen LogP contribution >= 0.6 is 0 Å². The van der Waals surface area contributed by atoms with E-state index in [1.807, 2.05) is 42.5 Å². The standard InChI is InChI=1S/C47H74O6/c1-4-7-10-13-16-19-21-23-25-28-31-34-37-40-46(49)52-43-44(42-51-45(48)39-36-33-30-27-18-15-12-9-6-3)53-47(50)41-38-35-32-29-26-24-22-20-17-14-11-8-5-2/h7-8,10-11,13-14,16-17,19-23,25,27,30,44H,4-6,9,12,15,18,24,26,28-29,31-43H2,1-3H3/b10-7-,11-8-,16-13-,17-14-,21-19-,22-20-,25-23-,30-27-. The highest BCUT2D eigenvalue weighted by Gasteiger charge is 2.19. The number of hydrogen-bond acceptors (Lipinski definition) is 6. The van der Waals surface area contributed by atoms with E-state index in [9.17, 15) is 14.4 Å². The molecule has 0 fully saturated rings. The van der Waals surface area contributed by atoms with E-state index in [4.69, 9.17) is 14.2 Å². The molecule has 0 aromatic rings. The number of esters is 3. The molecule has 0 radical (unpaired) electrons. The molecule has 0 saturated heterocycles. The summed E-state index contributed by atoms with van der Waals surface area (Å²) >= 11 is 0. The number of carbonyl (C=O) groups excluding carboxylic acids is 3. The Morgan fingerprint density at radius 3 is 1.30 bits per heavy atom. The van der Waals surface area contributed by atoms with Gasteiger partial charge in [-0.25, -0.2) is 0 Å². The third-order valence-electron chi connectivity index (χ3n) is 8.21. The van der Waals surface area contributed by atoms with Gasteiger partial charge in [-0.05, 0) is 77.0 Å². The summed E-state index contributed by atoms with van der Waals surface area (Å²) in [5.74, 6) is -1.02. The van der Waals surface area contributed by atoms with Crippen molar-refractivity contribution in [3.63, 3.8) is 0 Å². The SMILES string of the molecule is CC\C=C/C=C\C=C/C=C\CCCCCC(=O)OCC(COC(=O)CCC/C=C\CCCCCC)OC(=O)CCCCCCC\C=C/C=C\C=C/CC. The Bertz CT molecular complexity index is 1120. The van der Waals surface area contributed by atoms with Gasteiger partial charge in [-0.3, -0.25) is 14.4 Å². The summed E-state index contributed by atoms with van der Waals surface area (Å²) < 4.78 is 16.5. The van der Waals surface area contributed by atoms with Gasteiger partial charge in [0.25, 0.3) is 0 Å². The summed E-state index contributed by atoms with van der Waals surface area (Å²) in [5.41, 5.74) is 0. The fraction of sp³-hybridized carbons (Fsp3) is 0.596. The van der Waals surface area contributed by atoms with Crippen LogP contribution in [0.2, 0.25) is 0 Å². The van der Waals surface area contributed by atoms with Gasteiger partial charge in [0.15, 0.2) is 6.10 Å². The van der Waals surface area contributed by atoms with E-state index in [2.05, 4.69) is 75.5 Å². The summed E-state index contributed by atoms with van der Waals surface area (Å²) in [6.45, 7) is 6.20. The van der Waals surface area contributed by atoms with Gasteiger partial charge in [-0.2, -0.15) is 0 Å². The molecule has 0 aromatic heterocycles. The summed E-state index contributed by atoms with van der Waals surface area (Å²) in [4.78, 5) is 37.5. The molecule has 6 heteroatoms. The number of hydrogen-bond donors (Lipinski definition) is 0. The minimum atomic E-state index is -0.813. The lowest BCUT2D eigenvalue weighted by atomic mass is 10.1. The summed E-state index contributed by atoms with van der Waals surface area (Å²) in [6.07, 6.45) is 52.6. The van der Waals surface area contributed by atoms with Gasteiger partial charge in [0.1, 0.15) is 13.2 Å². The van der Waals surface area contributed by atoms with Gasteiger partial charge >= 0.3 is 17.9 Å². The van der Waals surface area contributed by atoms with Gasteiger partial charge in [0.05, 0.1) is 0 Å². The molecule has 298 valence electrons. The Labute approximate surface area is 324 Å². The minimum Gasteiger partial charge on any atom is -0.462 e. The average molecular weight is 735 g/mol. The molecule has 0 saturated carbocycles. The van der Waals surface area contributed by atoms with Crippen molar-refractivity contribution in [3.8, 4) is 0 Å². The molecule has 0 rings (SSSR count). The molecular weight excluding hydrogens is 661 g/mol. The minimum absolute atomic E-state index is 0.116. The van der Waals surface area contributed by atoms with E-state index in [1.165, 1.54) is 25.7 Å². The van der Waals surface area contributed by atoms with Crippen molar-refractivity contribution < 1.29 is 28.6 Å². The zero-order valence-electron chi connectivity index (χ0n) is 33.7. The molecular formula is C47H74O6. The normalized spacial score (nSPS) is 13.0. The Morgan fingerprint density at radius 2 is 0.774 bits per heavy atom. The number of unbranched alkanes of at least 4 members (excludes halogenated alkanes) is 13. The fourth-order valence-electron chi connectivity index (χ4n) is 5.10. The predicted octanol–water partition coefficient (Wildman–Crippen LogP) is 13.1. The fourth-order valence-corrected chi connectivity index (χ4v) is 5.10. The Hall–Kier alpha value is -3.67. The molecule has 0 heterocycles. The zero-order valence-corrected chi connectivity index (χ0v) is 33.7. The molecule has 1 unspecified atom stereocenters. The van der Waals surface area contributed by atoms with Crippen molar-refractivity contribution >= 4 is 17.9 Å². The van der Waals surface area contributed by atoms with Gasteiger partial charge in [0.2, 0.25) is 0 Å². The van der Waals surface area contributed by atoms with Crippen LogP contribution in [0.3, 0.4) is 0 Å². The zero-order chi connectivity index (χ0) is 38.7. The molecule has 0 N–H and O–H groups in total. The quantitative estimate of drug-likeness (QED) is 0.0212. The first-order chi connectivity index (χ1) is 26.0. The first-order valence-electron chi connectivity index (χ1n) is 20.8. The monoisotopic (exact) mass is 735 g/mol. The van der Waals surface area contributed by atoms with Crippen LogP contribution in [-0.2, 0) is 28.6 Å². The number of carbonyl (C=O) groups is 3. The molecule has 0 bridgehead atoms. The van der Waals surface area contributed by atoms with Gasteiger partial charge < -0.3 is 14.2 Å². The summed E-state index contributed by atoms with van der Waals surface area (Å²) in [6, 6.07) is 0. The van der Waals surface area contributed by atoms with Crippen LogP contribution in [0.25, 0.3) is 0 Å². The van der Waals surface area contributed by atoms with Gasteiger partial charge in [-0.15, -0.1) is 0 Å². The van der Waals surface area contributed by atoms with E-state index in [1.54, 1.807) is 0 Å². The molecule has 0 amide bonds. The highest BCUT2D eigenvalue weighted by Crippen LogP contribution is 2.11. The van der Waals surface area contributed by atoms with Gasteiger partial charge in [0, 0.05) is 19.3 Å². The van der Waals surface area contributed by atoms with Crippen molar-refractivity contribution in [2.45, 2.75) is 168 Å². The first kappa shape index (κ1) is 49.3. The Kier molecular flexibility index (Phi) is 38.2. The number of allylic oxidation sites excluding steroid dienone is 16. The topological polar surface area (TPSA) is 78.9 Å². The molecule has 53 heavy (non-hydrogen) atoms. The highest BCUT2D eigenvalue weighted by atomic mass is 16.6. The lowest BCUT2D eigenvalue weighted by molar-refractivity contribution is -0.167. The third-order valence-corrected chi connectivity index (χ3v) is 8.21. The summed E-state index contributed by atoms with van der Waals surface area (Å²) in [5, 5.41) is 0. The van der Waals surface area contributed by atoms with E-state index < -0.39 is 6.10 Å². The Morgan fingerprint density at radius 1 is 0.396 bits per heavy atom. The van der Waals surface area contributed by atoms with Crippen LogP contribution in [-0.4, -0.2) is 37.2 Å². The predicted molar refractivity (Wildman–Crippen MR) is 224 cm³/mol. The van der Waals surface area contributed by atoms with E-state index in [-0.39, 0.29) is 37.5 Å². The maximum atomic E-state index is 12.7. The van der Waals surface area contributed by atoms with Crippen molar-refractivity contribution in [2.24, 2.45) is 0 Å². The molecule has 0 aromatic carbocycles. The van der Waals surface area contributed by atoms with Crippen molar-refractivity contribution in [1.29, 1.82) is 0 Å². The highest BCUT2D eigenvalue weighted by molar-refractivity contribution is 5.71. The van der Waals surface area contributed by atoms with Crippen molar-refractivity contribution in [1.82, 2.24) is 0 Å². The van der Waals surface area contributed by atoms with Crippen LogP contribution in [0.5, 0.6) is 0 Å². The van der Waals surface area contributed by atoms with Crippen LogP contribution in [0.1, 0.15) is 162 Å². The van der Waals surface area contributed by atoms with E-state index >= 15 is 0 Å². The number of ether oxygens (including phenoxy) is 3. The van der Waals surface area contributed by atoms with E-state index in [0.29, 0.717) is 19.3 Å². The third kappa shape index (κ3) is 39.4. The van der Waals surface area contributed by atoms with Crippen LogP contribution in [0.4, 0.5) is 0 Å². The second kappa shape index (κ2) is 41.1. The summed E-state index contributed by atoms with van der Waals surface area (Å²) in [7, 11) is 0. The van der Waals surface area contributed by atoms with E-state index in [0.717, 1.165) is 89.9 Å². The second-order valence-corrected chi connectivity index (χ2v) is 13.3. The van der Waals surface area contributed by atoms with Gasteiger partial charge in [-0.1, -0.05) is 163 Å². The van der Waals surface area contributed by atoms with Crippen molar-refractivity contribution in [2.75, 3.05) is 13.2 Å². The molecule has 0 aliphatic rings.